The molecule has 2 aromatic rings. The molecule has 6 heteroatoms. The molecular formula is C25H30N2O4. The SMILES string of the molecule is CCN(CC)CCCN1C(=O)C(=O)/C(=C(/O)c2ccc(OC)cc2)[C@@H]1c1ccccc1. The molecule has 1 N–H and O–H groups in total. The van der Waals surface area contributed by atoms with Crippen LogP contribution in [0.5, 0.6) is 5.75 Å². The van der Waals surface area contributed by atoms with Crippen molar-refractivity contribution < 1.29 is 19.4 Å². The molecule has 0 bridgehead atoms. The molecule has 0 unspecified atom stereocenters. The molecule has 1 heterocycles. The maximum absolute atomic E-state index is 13.0. The number of methoxy groups -OCH3 is 1. The van der Waals surface area contributed by atoms with E-state index in [4.69, 9.17) is 4.74 Å². The lowest BCUT2D eigenvalue weighted by atomic mass is 9.95. The molecule has 1 aliphatic heterocycles. The Morgan fingerprint density at radius 1 is 1.03 bits per heavy atom. The summed E-state index contributed by atoms with van der Waals surface area (Å²) in [4.78, 5) is 29.8. The van der Waals surface area contributed by atoms with Crippen LogP contribution in [0.25, 0.3) is 5.76 Å². The van der Waals surface area contributed by atoms with Crippen molar-refractivity contribution in [1.82, 2.24) is 9.80 Å². The third-order valence-electron chi connectivity index (χ3n) is 5.79. The molecule has 0 saturated carbocycles. The molecule has 1 saturated heterocycles. The number of aliphatic hydroxyl groups is 1. The van der Waals surface area contributed by atoms with Gasteiger partial charge in [0.1, 0.15) is 11.5 Å². The van der Waals surface area contributed by atoms with Crippen molar-refractivity contribution in [1.29, 1.82) is 0 Å². The van der Waals surface area contributed by atoms with Gasteiger partial charge < -0.3 is 19.6 Å². The summed E-state index contributed by atoms with van der Waals surface area (Å²) in [5.41, 5.74) is 1.41. The third-order valence-corrected chi connectivity index (χ3v) is 5.79. The number of carbonyl (C=O) groups excluding carboxylic acids is 2. The molecule has 0 aromatic heterocycles. The van der Waals surface area contributed by atoms with Gasteiger partial charge in [-0.2, -0.15) is 0 Å². The van der Waals surface area contributed by atoms with Crippen LogP contribution < -0.4 is 4.74 Å². The van der Waals surface area contributed by atoms with E-state index in [9.17, 15) is 14.7 Å². The Balaban J connectivity index is 1.98. The Morgan fingerprint density at radius 2 is 1.68 bits per heavy atom. The molecule has 3 rings (SSSR count). The fourth-order valence-electron chi connectivity index (χ4n) is 4.00. The quantitative estimate of drug-likeness (QED) is 0.378. The van der Waals surface area contributed by atoms with Gasteiger partial charge in [0, 0.05) is 12.1 Å². The summed E-state index contributed by atoms with van der Waals surface area (Å²) in [6.07, 6.45) is 0.751. The van der Waals surface area contributed by atoms with Crippen molar-refractivity contribution in [2.45, 2.75) is 26.3 Å². The Bertz CT molecular complexity index is 934. The van der Waals surface area contributed by atoms with Crippen LogP contribution in [0.2, 0.25) is 0 Å². The van der Waals surface area contributed by atoms with E-state index in [1.807, 2.05) is 30.3 Å². The number of hydrogen-bond donors (Lipinski definition) is 1. The van der Waals surface area contributed by atoms with Gasteiger partial charge in [-0.1, -0.05) is 44.2 Å². The first-order chi connectivity index (χ1) is 15.0. The predicted molar refractivity (Wildman–Crippen MR) is 121 cm³/mol. The van der Waals surface area contributed by atoms with E-state index in [0.717, 1.165) is 31.6 Å². The summed E-state index contributed by atoms with van der Waals surface area (Å²) in [6, 6.07) is 15.6. The van der Waals surface area contributed by atoms with E-state index in [1.165, 1.54) is 0 Å². The molecule has 1 aliphatic rings. The number of carbonyl (C=O) groups is 2. The zero-order valence-corrected chi connectivity index (χ0v) is 18.4. The molecule has 1 atom stereocenters. The van der Waals surface area contributed by atoms with E-state index in [2.05, 4.69) is 18.7 Å². The van der Waals surface area contributed by atoms with Gasteiger partial charge in [0.05, 0.1) is 18.7 Å². The van der Waals surface area contributed by atoms with Crippen molar-refractivity contribution >= 4 is 17.4 Å². The maximum Gasteiger partial charge on any atom is 0.295 e. The highest BCUT2D eigenvalue weighted by atomic mass is 16.5. The number of ketones is 1. The second-order valence-corrected chi connectivity index (χ2v) is 7.51. The molecule has 0 aliphatic carbocycles. The van der Waals surface area contributed by atoms with Crippen LogP contribution in [0.1, 0.15) is 37.4 Å². The number of likely N-dealkylation sites (tertiary alicyclic amines) is 1. The average molecular weight is 423 g/mol. The normalized spacial score (nSPS) is 18.1. The molecular weight excluding hydrogens is 392 g/mol. The monoisotopic (exact) mass is 422 g/mol. The summed E-state index contributed by atoms with van der Waals surface area (Å²) in [5, 5.41) is 11.0. The molecule has 1 amide bonds. The number of rotatable bonds is 9. The third kappa shape index (κ3) is 4.80. The molecule has 0 radical (unpaired) electrons. The number of Topliss-reactive ketones (excluding diaryl/α,β-unsaturated/α-hetero) is 1. The van der Waals surface area contributed by atoms with Crippen molar-refractivity contribution in [3.63, 3.8) is 0 Å². The first-order valence-corrected chi connectivity index (χ1v) is 10.7. The molecule has 2 aromatic carbocycles. The van der Waals surface area contributed by atoms with E-state index >= 15 is 0 Å². The van der Waals surface area contributed by atoms with Crippen LogP contribution in [-0.4, -0.2) is 59.9 Å². The van der Waals surface area contributed by atoms with Crippen LogP contribution in [0.3, 0.4) is 0 Å². The fourth-order valence-corrected chi connectivity index (χ4v) is 4.00. The van der Waals surface area contributed by atoms with Crippen LogP contribution in [0.4, 0.5) is 0 Å². The van der Waals surface area contributed by atoms with E-state index < -0.39 is 17.7 Å². The van der Waals surface area contributed by atoms with Crippen molar-refractivity contribution in [3.8, 4) is 5.75 Å². The molecule has 6 nitrogen and oxygen atoms in total. The number of benzene rings is 2. The summed E-state index contributed by atoms with van der Waals surface area (Å²) >= 11 is 0. The smallest absolute Gasteiger partial charge is 0.295 e. The van der Waals surface area contributed by atoms with Gasteiger partial charge in [-0.05, 0) is 55.9 Å². The first-order valence-electron chi connectivity index (χ1n) is 10.7. The zero-order chi connectivity index (χ0) is 22.4. The van der Waals surface area contributed by atoms with Crippen LogP contribution >= 0.6 is 0 Å². The van der Waals surface area contributed by atoms with Gasteiger partial charge in [-0.3, -0.25) is 9.59 Å². The molecule has 31 heavy (non-hydrogen) atoms. The molecule has 1 fully saturated rings. The van der Waals surface area contributed by atoms with Crippen LogP contribution in [-0.2, 0) is 9.59 Å². The van der Waals surface area contributed by atoms with Gasteiger partial charge in [0.15, 0.2) is 0 Å². The lowest BCUT2D eigenvalue weighted by molar-refractivity contribution is -0.140. The summed E-state index contributed by atoms with van der Waals surface area (Å²) < 4.78 is 5.17. The Morgan fingerprint density at radius 3 is 2.26 bits per heavy atom. The predicted octanol–water partition coefficient (Wildman–Crippen LogP) is 3.85. The highest BCUT2D eigenvalue weighted by Gasteiger charge is 2.45. The van der Waals surface area contributed by atoms with E-state index in [0.29, 0.717) is 17.9 Å². The molecule has 164 valence electrons. The minimum Gasteiger partial charge on any atom is -0.507 e. The second kappa shape index (κ2) is 10.3. The Hall–Kier alpha value is -3.12. The number of aliphatic hydroxyl groups excluding tert-OH is 1. The van der Waals surface area contributed by atoms with Gasteiger partial charge in [-0.15, -0.1) is 0 Å². The van der Waals surface area contributed by atoms with Crippen LogP contribution in [0.15, 0.2) is 60.2 Å². The van der Waals surface area contributed by atoms with E-state index in [1.54, 1.807) is 36.3 Å². The van der Waals surface area contributed by atoms with Gasteiger partial charge in [0.25, 0.3) is 11.7 Å². The van der Waals surface area contributed by atoms with E-state index in [-0.39, 0.29) is 11.3 Å². The Labute approximate surface area is 183 Å². The highest BCUT2D eigenvalue weighted by Crippen LogP contribution is 2.39. The summed E-state index contributed by atoms with van der Waals surface area (Å²) in [6.45, 7) is 7.38. The average Bonchev–Trinajstić information content (AvgIpc) is 3.07. The molecule has 0 spiro atoms. The van der Waals surface area contributed by atoms with Gasteiger partial charge in [-0.25, -0.2) is 0 Å². The fraction of sp³-hybridized carbons (Fsp3) is 0.360. The number of amides is 1. The van der Waals surface area contributed by atoms with Crippen molar-refractivity contribution in [3.05, 3.63) is 71.3 Å². The zero-order valence-electron chi connectivity index (χ0n) is 18.4. The van der Waals surface area contributed by atoms with Gasteiger partial charge >= 0.3 is 0 Å². The first kappa shape index (κ1) is 22.6. The second-order valence-electron chi connectivity index (χ2n) is 7.51. The van der Waals surface area contributed by atoms with Crippen LogP contribution in [0, 0.1) is 0 Å². The minimum absolute atomic E-state index is 0.129. The lowest BCUT2D eigenvalue weighted by Crippen LogP contribution is -2.33. The highest BCUT2D eigenvalue weighted by molar-refractivity contribution is 6.46. The van der Waals surface area contributed by atoms with Crippen molar-refractivity contribution in [2.24, 2.45) is 0 Å². The number of hydrogen-bond acceptors (Lipinski definition) is 5. The number of nitrogens with zero attached hydrogens (tertiary/aromatic N) is 2. The van der Waals surface area contributed by atoms with Crippen molar-refractivity contribution in [2.75, 3.05) is 33.3 Å². The topological polar surface area (TPSA) is 70.1 Å². The summed E-state index contributed by atoms with van der Waals surface area (Å²) in [7, 11) is 1.56. The maximum atomic E-state index is 13.0. The Kier molecular flexibility index (Phi) is 7.47. The van der Waals surface area contributed by atoms with Gasteiger partial charge in [0.2, 0.25) is 0 Å². The largest absolute Gasteiger partial charge is 0.507 e. The minimum atomic E-state index is -0.648. The number of ether oxygens (including phenoxy) is 1. The summed E-state index contributed by atoms with van der Waals surface area (Å²) in [5.74, 6) is -0.734. The lowest BCUT2D eigenvalue weighted by Gasteiger charge is -2.26. The standard InChI is InChI=1S/C25H30N2O4/c1-4-26(5-2)16-9-17-27-22(18-10-7-6-8-11-18)21(24(29)25(27)30)23(28)19-12-14-20(31-3)15-13-19/h6-8,10-15,22,28H,4-5,9,16-17H2,1-3H3/b23-21+/t22-/m0/s1.